The normalized spacial score (nSPS) is 21.3. The lowest BCUT2D eigenvalue weighted by Gasteiger charge is -2.27. The van der Waals surface area contributed by atoms with E-state index in [4.69, 9.17) is 16.3 Å². The Morgan fingerprint density at radius 2 is 1.56 bits per heavy atom. The highest BCUT2D eigenvalue weighted by Crippen LogP contribution is 2.40. The molecule has 0 amide bonds. The maximum atomic E-state index is 11.0. The number of benzene rings is 2. The molecule has 2 atom stereocenters. The Hall–Kier alpha value is -1.35. The molecule has 2 nitrogen and oxygen atoms in total. The van der Waals surface area contributed by atoms with E-state index in [1.165, 1.54) is 0 Å². The number of hydrogen-bond donors (Lipinski definition) is 1. The van der Waals surface area contributed by atoms with Crippen LogP contribution in [0.2, 0.25) is 5.02 Å². The van der Waals surface area contributed by atoms with Crippen molar-refractivity contribution in [1.82, 2.24) is 0 Å². The van der Waals surface area contributed by atoms with Gasteiger partial charge in [0.2, 0.25) is 0 Å². The first kappa shape index (κ1) is 11.7. The van der Waals surface area contributed by atoms with Crippen LogP contribution in [-0.2, 0) is 10.3 Å². The molecule has 1 saturated heterocycles. The molecular formula is C15H13ClO2. The van der Waals surface area contributed by atoms with E-state index in [1.807, 2.05) is 42.5 Å². The van der Waals surface area contributed by atoms with E-state index >= 15 is 0 Å². The second-order valence-corrected chi connectivity index (χ2v) is 4.90. The van der Waals surface area contributed by atoms with Crippen LogP contribution in [0.5, 0.6) is 0 Å². The summed E-state index contributed by atoms with van der Waals surface area (Å²) in [6.07, 6.45) is -0.180. The lowest BCUT2D eigenvalue weighted by molar-refractivity contribution is 0.0477. The number of rotatable bonds is 3. The summed E-state index contributed by atoms with van der Waals surface area (Å²) in [6.45, 7) is 0.577. The van der Waals surface area contributed by atoms with Crippen molar-refractivity contribution in [3.05, 3.63) is 70.7 Å². The van der Waals surface area contributed by atoms with Crippen LogP contribution in [0, 0.1) is 0 Å². The molecule has 2 aromatic carbocycles. The van der Waals surface area contributed by atoms with Gasteiger partial charge in [0.15, 0.2) is 0 Å². The van der Waals surface area contributed by atoms with Gasteiger partial charge >= 0.3 is 0 Å². The number of ether oxygens (including phenoxy) is 1. The van der Waals surface area contributed by atoms with Gasteiger partial charge in [0.05, 0.1) is 6.61 Å². The average Bonchev–Trinajstić information content (AvgIpc) is 3.24. The van der Waals surface area contributed by atoms with E-state index in [9.17, 15) is 5.11 Å². The van der Waals surface area contributed by atoms with Crippen LogP contribution >= 0.6 is 11.6 Å². The minimum atomic E-state index is -1.09. The number of epoxide rings is 1. The maximum absolute atomic E-state index is 11.0. The zero-order valence-corrected chi connectivity index (χ0v) is 10.5. The molecule has 0 aromatic heterocycles. The topological polar surface area (TPSA) is 32.8 Å². The molecule has 2 unspecified atom stereocenters. The molecule has 0 spiro atoms. The summed E-state index contributed by atoms with van der Waals surface area (Å²) in [5.74, 6) is 0. The summed E-state index contributed by atoms with van der Waals surface area (Å²) < 4.78 is 5.33. The SMILES string of the molecule is OC(c1ccccc1)(c1ccc(Cl)cc1)C1CO1. The minimum absolute atomic E-state index is 0.180. The first-order chi connectivity index (χ1) is 8.71. The molecule has 0 bridgehead atoms. The molecule has 1 aliphatic heterocycles. The molecule has 0 radical (unpaired) electrons. The van der Waals surface area contributed by atoms with E-state index in [1.54, 1.807) is 12.1 Å². The fourth-order valence-electron chi connectivity index (χ4n) is 2.22. The van der Waals surface area contributed by atoms with Gasteiger partial charge in [-0.3, -0.25) is 0 Å². The van der Waals surface area contributed by atoms with Crippen LogP contribution in [0.25, 0.3) is 0 Å². The molecule has 3 heteroatoms. The molecule has 3 rings (SSSR count). The van der Waals surface area contributed by atoms with Gasteiger partial charge in [-0.05, 0) is 23.3 Å². The van der Waals surface area contributed by atoms with Crippen molar-refractivity contribution in [1.29, 1.82) is 0 Å². The van der Waals surface area contributed by atoms with Gasteiger partial charge < -0.3 is 9.84 Å². The Bertz CT molecular complexity index is 534. The van der Waals surface area contributed by atoms with Gasteiger partial charge in [-0.1, -0.05) is 54.1 Å². The third-order valence-electron chi connectivity index (χ3n) is 3.30. The molecular weight excluding hydrogens is 248 g/mol. The predicted octanol–water partition coefficient (Wildman–Crippen LogP) is 2.97. The van der Waals surface area contributed by atoms with E-state index in [0.29, 0.717) is 11.6 Å². The van der Waals surface area contributed by atoms with Gasteiger partial charge in [0.1, 0.15) is 11.7 Å². The summed E-state index contributed by atoms with van der Waals surface area (Å²) >= 11 is 5.89. The van der Waals surface area contributed by atoms with Crippen molar-refractivity contribution in [2.75, 3.05) is 6.61 Å². The van der Waals surface area contributed by atoms with Gasteiger partial charge in [-0.25, -0.2) is 0 Å². The van der Waals surface area contributed by atoms with Crippen LogP contribution < -0.4 is 0 Å². The van der Waals surface area contributed by atoms with Crippen molar-refractivity contribution in [2.45, 2.75) is 11.7 Å². The highest BCUT2D eigenvalue weighted by molar-refractivity contribution is 6.30. The molecule has 18 heavy (non-hydrogen) atoms. The Morgan fingerprint density at radius 1 is 1.00 bits per heavy atom. The smallest absolute Gasteiger partial charge is 0.143 e. The number of halogens is 1. The largest absolute Gasteiger partial charge is 0.378 e. The van der Waals surface area contributed by atoms with Crippen molar-refractivity contribution < 1.29 is 9.84 Å². The van der Waals surface area contributed by atoms with Gasteiger partial charge in [-0.2, -0.15) is 0 Å². The van der Waals surface area contributed by atoms with Gasteiger partial charge in [0, 0.05) is 5.02 Å². The predicted molar refractivity (Wildman–Crippen MR) is 70.6 cm³/mol. The Labute approximate surface area is 111 Å². The molecule has 0 saturated carbocycles. The molecule has 0 aliphatic carbocycles. The zero-order chi connectivity index (χ0) is 12.6. The maximum Gasteiger partial charge on any atom is 0.143 e. The molecule has 2 aromatic rings. The van der Waals surface area contributed by atoms with Gasteiger partial charge in [-0.15, -0.1) is 0 Å². The average molecular weight is 261 g/mol. The van der Waals surface area contributed by atoms with E-state index < -0.39 is 5.60 Å². The summed E-state index contributed by atoms with van der Waals surface area (Å²) in [6, 6.07) is 16.8. The monoisotopic (exact) mass is 260 g/mol. The second-order valence-electron chi connectivity index (χ2n) is 4.46. The molecule has 1 aliphatic rings. The third kappa shape index (κ3) is 1.93. The molecule has 1 heterocycles. The van der Waals surface area contributed by atoms with Crippen LogP contribution in [0.15, 0.2) is 54.6 Å². The lowest BCUT2D eigenvalue weighted by atomic mass is 9.84. The fraction of sp³-hybridized carbons (Fsp3) is 0.200. The number of aliphatic hydroxyl groups is 1. The second kappa shape index (κ2) is 4.39. The van der Waals surface area contributed by atoms with Crippen molar-refractivity contribution >= 4 is 11.6 Å². The molecule has 1 N–H and O–H groups in total. The standard InChI is InChI=1S/C15H13ClO2/c16-13-8-6-12(7-9-13)15(17,14-10-18-14)11-4-2-1-3-5-11/h1-9,14,17H,10H2. The zero-order valence-electron chi connectivity index (χ0n) is 9.71. The first-order valence-electron chi connectivity index (χ1n) is 5.87. The molecule has 92 valence electrons. The summed E-state index contributed by atoms with van der Waals surface area (Å²) in [4.78, 5) is 0. The third-order valence-corrected chi connectivity index (χ3v) is 3.55. The highest BCUT2D eigenvalue weighted by atomic mass is 35.5. The van der Waals surface area contributed by atoms with E-state index in [2.05, 4.69) is 0 Å². The Kier molecular flexibility index (Phi) is 2.86. The number of hydrogen-bond acceptors (Lipinski definition) is 2. The van der Waals surface area contributed by atoms with E-state index in [-0.39, 0.29) is 6.10 Å². The van der Waals surface area contributed by atoms with Crippen molar-refractivity contribution in [3.8, 4) is 0 Å². The van der Waals surface area contributed by atoms with Crippen LogP contribution in [0.1, 0.15) is 11.1 Å². The van der Waals surface area contributed by atoms with E-state index in [0.717, 1.165) is 11.1 Å². The summed E-state index contributed by atoms with van der Waals surface area (Å²) in [5.41, 5.74) is 0.557. The van der Waals surface area contributed by atoms with Crippen molar-refractivity contribution in [3.63, 3.8) is 0 Å². The van der Waals surface area contributed by atoms with Crippen LogP contribution in [0.3, 0.4) is 0 Å². The summed E-state index contributed by atoms with van der Waals surface area (Å²) in [7, 11) is 0. The highest BCUT2D eigenvalue weighted by Gasteiger charge is 2.48. The first-order valence-corrected chi connectivity index (χ1v) is 6.24. The van der Waals surface area contributed by atoms with Crippen LogP contribution in [0.4, 0.5) is 0 Å². The fourth-order valence-corrected chi connectivity index (χ4v) is 2.35. The Balaban J connectivity index is 2.09. The van der Waals surface area contributed by atoms with Gasteiger partial charge in [0.25, 0.3) is 0 Å². The Morgan fingerprint density at radius 3 is 2.11 bits per heavy atom. The quantitative estimate of drug-likeness (QED) is 0.861. The van der Waals surface area contributed by atoms with Crippen molar-refractivity contribution in [2.24, 2.45) is 0 Å². The summed E-state index contributed by atoms with van der Waals surface area (Å²) in [5, 5.41) is 11.7. The van der Waals surface area contributed by atoms with Crippen LogP contribution in [-0.4, -0.2) is 17.8 Å². The minimum Gasteiger partial charge on any atom is -0.378 e. The lowest BCUT2D eigenvalue weighted by Crippen LogP contribution is -2.33. The molecule has 1 fully saturated rings.